The van der Waals surface area contributed by atoms with Crippen LogP contribution in [0.15, 0.2) is 36.7 Å². The van der Waals surface area contributed by atoms with Gasteiger partial charge in [0, 0.05) is 12.4 Å². The first-order valence-corrected chi connectivity index (χ1v) is 6.58. The van der Waals surface area contributed by atoms with Crippen LogP contribution < -0.4 is 10.1 Å². The van der Waals surface area contributed by atoms with Gasteiger partial charge >= 0.3 is 13.1 Å². The molecule has 0 aromatic carbocycles. The van der Waals surface area contributed by atoms with Crippen LogP contribution in [0.4, 0.5) is 0 Å². The zero-order chi connectivity index (χ0) is 15.2. The number of carbonyl (C=O) groups excluding carboxylic acids is 1. The minimum atomic E-state index is -1.20. The maximum absolute atomic E-state index is 11.6. The summed E-state index contributed by atoms with van der Waals surface area (Å²) >= 11 is 5.91. The van der Waals surface area contributed by atoms with Crippen LogP contribution in [0, 0.1) is 0 Å². The summed E-state index contributed by atoms with van der Waals surface area (Å²) in [6.45, 7) is 1.94. The molecule has 0 radical (unpaired) electrons. The molecule has 108 valence electrons. The van der Waals surface area contributed by atoms with Crippen LogP contribution >= 0.6 is 11.6 Å². The topological polar surface area (TPSA) is 81.5 Å². The van der Waals surface area contributed by atoms with Crippen LogP contribution in [0.2, 0.25) is 5.15 Å². The largest absolute Gasteiger partial charge is 0.561 e. The van der Waals surface area contributed by atoms with Gasteiger partial charge in [-0.1, -0.05) is 11.6 Å². The number of hydrogen-bond donors (Lipinski definition) is 1. The maximum Gasteiger partial charge on any atom is 0.561 e. The molecule has 2 heterocycles. The van der Waals surface area contributed by atoms with Crippen molar-refractivity contribution in [2.45, 2.75) is 6.92 Å². The molecule has 0 fully saturated rings. The monoisotopic (exact) mass is 306 g/mol. The minimum absolute atomic E-state index is 0.0483. The van der Waals surface area contributed by atoms with Gasteiger partial charge in [-0.25, -0.2) is 9.78 Å². The highest BCUT2D eigenvalue weighted by Crippen LogP contribution is 2.19. The van der Waals surface area contributed by atoms with Gasteiger partial charge in [0.2, 0.25) is 0 Å². The number of esters is 1. The fraction of sp³-hybridized carbons (Fsp3) is 0.154. The first kappa shape index (κ1) is 15.3. The molecule has 2 aromatic rings. The average Bonchev–Trinajstić information content (AvgIpc) is 2.48. The predicted octanol–water partition coefficient (Wildman–Crippen LogP) is 1.07. The molecule has 0 saturated carbocycles. The second-order valence-corrected chi connectivity index (χ2v) is 4.32. The van der Waals surface area contributed by atoms with Gasteiger partial charge < -0.3 is 14.4 Å². The Balaban J connectivity index is 2.12. The summed E-state index contributed by atoms with van der Waals surface area (Å²) in [7, 11) is -1.20. The Labute approximate surface area is 126 Å². The van der Waals surface area contributed by atoms with Crippen molar-refractivity contribution in [2.75, 3.05) is 6.61 Å². The highest BCUT2D eigenvalue weighted by atomic mass is 35.5. The number of pyridine rings is 2. The Morgan fingerprint density at radius 2 is 2.05 bits per heavy atom. The second kappa shape index (κ2) is 7.05. The summed E-state index contributed by atoms with van der Waals surface area (Å²) in [6.07, 6.45) is 3.07. The first-order chi connectivity index (χ1) is 10.1. The van der Waals surface area contributed by atoms with Crippen LogP contribution in [0.1, 0.15) is 17.3 Å². The van der Waals surface area contributed by atoms with E-state index in [0.717, 1.165) is 0 Å². The molecule has 1 N–H and O–H groups in total. The number of rotatable bonds is 5. The van der Waals surface area contributed by atoms with Gasteiger partial charge in [-0.2, -0.15) is 0 Å². The van der Waals surface area contributed by atoms with Gasteiger partial charge in [0.15, 0.2) is 5.88 Å². The van der Waals surface area contributed by atoms with Gasteiger partial charge in [-0.15, -0.1) is 0 Å². The quantitative estimate of drug-likeness (QED) is 0.505. The van der Waals surface area contributed by atoms with Gasteiger partial charge in [-0.05, 0) is 36.7 Å². The fourth-order valence-electron chi connectivity index (χ4n) is 1.55. The third-order valence-electron chi connectivity index (χ3n) is 2.54. The lowest BCUT2D eigenvalue weighted by atomic mass is 9.80. The Bertz CT molecular complexity index is 627. The summed E-state index contributed by atoms with van der Waals surface area (Å²) in [5.74, 6) is -0.464. The Hall–Kier alpha value is -2.12. The highest BCUT2D eigenvalue weighted by Gasteiger charge is 2.20. The number of hydrogen-bond acceptors (Lipinski definition) is 6. The molecule has 8 heteroatoms. The molecule has 0 aliphatic rings. The highest BCUT2D eigenvalue weighted by molar-refractivity contribution is 6.60. The summed E-state index contributed by atoms with van der Waals surface area (Å²) in [5, 5.41) is 9.85. The number of halogens is 1. The third-order valence-corrected chi connectivity index (χ3v) is 2.83. The number of nitrogens with zero attached hydrogens (tertiary/aromatic N) is 2. The summed E-state index contributed by atoms with van der Waals surface area (Å²) in [5.41, 5.74) is 0.668. The van der Waals surface area contributed by atoms with Crippen molar-refractivity contribution in [3.8, 4) is 5.88 Å². The average molecular weight is 307 g/mol. The van der Waals surface area contributed by atoms with E-state index in [1.54, 1.807) is 19.1 Å². The SMILES string of the molecule is CCOC(=O)c1ccc(OB(O)c2ccncc2)nc1Cl. The van der Waals surface area contributed by atoms with Crippen molar-refractivity contribution >= 4 is 30.2 Å². The van der Waals surface area contributed by atoms with E-state index in [-0.39, 0.29) is 23.2 Å². The Morgan fingerprint density at radius 3 is 2.67 bits per heavy atom. The summed E-state index contributed by atoms with van der Waals surface area (Å²) < 4.78 is 10.1. The number of carbonyl (C=O) groups is 1. The maximum atomic E-state index is 11.6. The van der Waals surface area contributed by atoms with E-state index in [1.807, 2.05) is 0 Å². The van der Waals surface area contributed by atoms with Gasteiger partial charge in [0.05, 0.1) is 12.2 Å². The van der Waals surface area contributed by atoms with Crippen LogP contribution in [0.3, 0.4) is 0 Å². The van der Waals surface area contributed by atoms with Crippen molar-refractivity contribution < 1.29 is 19.2 Å². The fourth-order valence-corrected chi connectivity index (χ4v) is 1.78. The first-order valence-electron chi connectivity index (χ1n) is 6.20. The predicted molar refractivity (Wildman–Crippen MR) is 77.7 cm³/mol. The van der Waals surface area contributed by atoms with E-state index in [4.69, 9.17) is 21.0 Å². The van der Waals surface area contributed by atoms with Crippen LogP contribution in [0.25, 0.3) is 0 Å². The molecule has 0 spiro atoms. The van der Waals surface area contributed by atoms with Crippen molar-refractivity contribution in [3.63, 3.8) is 0 Å². The van der Waals surface area contributed by atoms with Gasteiger partial charge in [-0.3, -0.25) is 4.98 Å². The van der Waals surface area contributed by atoms with Crippen LogP contribution in [-0.2, 0) is 4.74 Å². The van der Waals surface area contributed by atoms with Gasteiger partial charge in [0.25, 0.3) is 0 Å². The summed E-state index contributed by atoms with van der Waals surface area (Å²) in [4.78, 5) is 19.3. The zero-order valence-corrected chi connectivity index (χ0v) is 11.9. The molecular weight excluding hydrogens is 294 g/mol. The number of ether oxygens (including phenoxy) is 1. The molecule has 0 aliphatic carbocycles. The smallest absolute Gasteiger partial charge is 0.518 e. The van der Waals surface area contributed by atoms with E-state index in [0.29, 0.717) is 5.46 Å². The van der Waals surface area contributed by atoms with Crippen molar-refractivity contribution in [1.29, 1.82) is 0 Å². The lowest BCUT2D eigenvalue weighted by molar-refractivity contribution is 0.0526. The van der Waals surface area contributed by atoms with Gasteiger partial charge in [0.1, 0.15) is 5.15 Å². The van der Waals surface area contributed by atoms with E-state index in [1.165, 1.54) is 24.5 Å². The second-order valence-electron chi connectivity index (χ2n) is 3.96. The molecular formula is C13H12BClN2O4. The Morgan fingerprint density at radius 1 is 1.33 bits per heavy atom. The zero-order valence-electron chi connectivity index (χ0n) is 11.2. The van der Waals surface area contributed by atoms with Crippen LogP contribution in [0.5, 0.6) is 5.88 Å². The van der Waals surface area contributed by atoms with E-state index < -0.39 is 13.1 Å². The molecule has 2 aromatic heterocycles. The van der Waals surface area contributed by atoms with Crippen LogP contribution in [-0.4, -0.2) is 34.7 Å². The molecule has 0 atom stereocenters. The molecule has 2 rings (SSSR count). The minimum Gasteiger partial charge on any atom is -0.518 e. The Kier molecular flexibility index (Phi) is 5.13. The normalized spacial score (nSPS) is 10.0. The molecule has 0 unspecified atom stereocenters. The van der Waals surface area contributed by atoms with Crippen molar-refractivity contribution in [1.82, 2.24) is 9.97 Å². The molecule has 21 heavy (non-hydrogen) atoms. The lowest BCUT2D eigenvalue weighted by Crippen LogP contribution is -2.36. The van der Waals surface area contributed by atoms with E-state index in [2.05, 4.69) is 9.97 Å². The molecule has 0 saturated heterocycles. The van der Waals surface area contributed by atoms with Crippen molar-refractivity contribution in [3.05, 3.63) is 47.4 Å². The molecule has 0 aliphatic heterocycles. The third kappa shape index (κ3) is 3.93. The summed E-state index contributed by atoms with van der Waals surface area (Å²) in [6, 6.07) is 6.09. The molecule has 0 bridgehead atoms. The molecule has 0 amide bonds. The van der Waals surface area contributed by atoms with Crippen molar-refractivity contribution in [2.24, 2.45) is 0 Å². The number of aromatic nitrogens is 2. The van der Waals surface area contributed by atoms with E-state index in [9.17, 15) is 9.82 Å². The lowest BCUT2D eigenvalue weighted by Gasteiger charge is -2.10. The molecule has 6 nitrogen and oxygen atoms in total. The van der Waals surface area contributed by atoms with E-state index >= 15 is 0 Å². The standard InChI is InChI=1S/C13H12BClN2O4/c1-2-20-13(18)10-3-4-11(17-12(10)15)21-14(19)9-5-7-16-8-6-9/h3-8,19H,2H2,1H3.